The third kappa shape index (κ3) is 1.15. The molecule has 4 atom stereocenters. The Morgan fingerprint density at radius 2 is 2.42 bits per heavy atom. The lowest BCUT2D eigenvalue weighted by molar-refractivity contribution is -0.144. The Balaban J connectivity index is 1.98. The topological polar surface area (TPSA) is 79.8 Å². The van der Waals surface area contributed by atoms with Crippen molar-refractivity contribution in [3.8, 4) is 0 Å². The van der Waals surface area contributed by atoms with Crippen molar-refractivity contribution in [3.05, 3.63) is 10.4 Å². The van der Waals surface area contributed by atoms with Crippen LogP contribution in [0.25, 0.3) is 10.4 Å². The minimum Gasteiger partial charge on any atom is -0.364 e. The third-order valence-electron chi connectivity index (χ3n) is 2.07. The van der Waals surface area contributed by atoms with Gasteiger partial charge in [-0.25, -0.2) is 0 Å². The van der Waals surface area contributed by atoms with Crippen molar-refractivity contribution in [1.82, 2.24) is 0 Å². The van der Waals surface area contributed by atoms with Gasteiger partial charge in [0, 0.05) is 12.0 Å². The molecule has 0 aliphatic carbocycles. The highest BCUT2D eigenvalue weighted by molar-refractivity contribution is 5.00. The molecule has 66 valence electrons. The molecule has 0 unspecified atom stereocenters. The summed E-state index contributed by atoms with van der Waals surface area (Å²) in [5.41, 5.74) is 8.19. The van der Waals surface area contributed by atoms with E-state index in [4.69, 9.17) is 19.7 Å². The van der Waals surface area contributed by atoms with Crippen molar-refractivity contribution in [3.63, 3.8) is 0 Å². The van der Waals surface area contributed by atoms with Crippen molar-refractivity contribution in [2.45, 2.75) is 24.5 Å². The molecule has 0 saturated carbocycles. The van der Waals surface area contributed by atoms with Gasteiger partial charge < -0.3 is 14.2 Å². The monoisotopic (exact) mass is 171 g/mol. The molecule has 0 radical (unpaired) electrons. The zero-order chi connectivity index (χ0) is 8.55. The van der Waals surface area contributed by atoms with E-state index in [1.54, 1.807) is 7.11 Å². The Morgan fingerprint density at radius 3 is 3.08 bits per heavy atom. The number of ether oxygens (including phenoxy) is 3. The predicted molar refractivity (Wildman–Crippen MR) is 38.3 cm³/mol. The molecular formula is C6H9N3O3. The molecule has 2 aliphatic rings. The molecule has 6 heteroatoms. The first-order chi connectivity index (χ1) is 5.86. The lowest BCUT2D eigenvalue weighted by Crippen LogP contribution is -2.37. The van der Waals surface area contributed by atoms with E-state index in [0.717, 1.165) is 0 Å². The number of rotatable bonds is 2. The van der Waals surface area contributed by atoms with E-state index in [1.165, 1.54) is 0 Å². The minimum atomic E-state index is -0.292. The van der Waals surface area contributed by atoms with Gasteiger partial charge in [0.1, 0.15) is 12.2 Å². The molecule has 0 spiro atoms. The van der Waals surface area contributed by atoms with Gasteiger partial charge in [0.2, 0.25) is 0 Å². The van der Waals surface area contributed by atoms with Gasteiger partial charge in [-0.15, -0.1) is 0 Å². The van der Waals surface area contributed by atoms with Gasteiger partial charge in [0.15, 0.2) is 6.29 Å². The van der Waals surface area contributed by atoms with E-state index in [9.17, 15) is 0 Å². The summed E-state index contributed by atoms with van der Waals surface area (Å²) >= 11 is 0. The number of fused-ring (bicyclic) bond motifs is 1. The highest BCUT2D eigenvalue weighted by Gasteiger charge is 2.54. The molecule has 2 aliphatic heterocycles. The average Bonchev–Trinajstić information content (AvgIpc) is 2.85. The molecule has 12 heavy (non-hydrogen) atoms. The zero-order valence-electron chi connectivity index (χ0n) is 6.58. The molecule has 0 N–H and O–H groups in total. The van der Waals surface area contributed by atoms with Gasteiger partial charge in [-0.3, -0.25) is 0 Å². The molecule has 6 nitrogen and oxygen atoms in total. The van der Waals surface area contributed by atoms with Gasteiger partial charge >= 0.3 is 0 Å². The van der Waals surface area contributed by atoms with Crippen molar-refractivity contribution in [2.75, 3.05) is 13.7 Å². The number of nitrogens with zero attached hydrogens (tertiary/aromatic N) is 3. The molecule has 2 heterocycles. The lowest BCUT2D eigenvalue weighted by atomic mass is 10.1. The van der Waals surface area contributed by atoms with Crippen LogP contribution in [0, 0.1) is 0 Å². The van der Waals surface area contributed by atoms with Gasteiger partial charge in [0.25, 0.3) is 0 Å². The molecule has 2 fully saturated rings. The van der Waals surface area contributed by atoms with E-state index >= 15 is 0 Å². The fourth-order valence-electron chi connectivity index (χ4n) is 1.42. The highest BCUT2D eigenvalue weighted by Crippen LogP contribution is 2.36. The van der Waals surface area contributed by atoms with Crippen molar-refractivity contribution in [1.29, 1.82) is 0 Å². The minimum absolute atomic E-state index is 0.000370. The maximum atomic E-state index is 8.19. The van der Waals surface area contributed by atoms with E-state index in [-0.39, 0.29) is 24.5 Å². The standard InChI is InChI=1S/C6H9N3O3/c1-10-6-5-4(12-5)3(2-11-6)8-9-7/h3-6H,2H2,1H3/t3-,4+,5+,6-/m1/s1. The molecule has 2 rings (SSSR count). The largest absolute Gasteiger partial charge is 0.364 e. The summed E-state index contributed by atoms with van der Waals surface area (Å²) in [6.45, 7) is 0.379. The summed E-state index contributed by atoms with van der Waals surface area (Å²) in [6, 6.07) is -0.189. The second-order valence-electron chi connectivity index (χ2n) is 2.78. The highest BCUT2D eigenvalue weighted by atomic mass is 16.7. The van der Waals surface area contributed by atoms with Crippen molar-refractivity contribution < 1.29 is 14.2 Å². The average molecular weight is 171 g/mol. The summed E-state index contributed by atoms with van der Waals surface area (Å²) < 4.78 is 15.5. The first kappa shape index (κ1) is 7.82. The van der Waals surface area contributed by atoms with Crippen molar-refractivity contribution >= 4 is 0 Å². The Morgan fingerprint density at radius 1 is 1.58 bits per heavy atom. The molecule has 0 aromatic carbocycles. The molecule has 0 amide bonds. The second kappa shape index (κ2) is 2.91. The van der Waals surface area contributed by atoms with Gasteiger partial charge in [-0.2, -0.15) is 0 Å². The van der Waals surface area contributed by atoms with E-state index in [2.05, 4.69) is 10.0 Å². The number of hydrogen-bond donors (Lipinski definition) is 0. The maximum absolute atomic E-state index is 8.19. The Labute approximate surface area is 69.0 Å². The van der Waals surface area contributed by atoms with Crippen LogP contribution in [0.1, 0.15) is 0 Å². The van der Waals surface area contributed by atoms with Crippen LogP contribution >= 0.6 is 0 Å². The quantitative estimate of drug-likeness (QED) is 0.261. The Bertz CT molecular complexity index is 228. The van der Waals surface area contributed by atoms with Gasteiger partial charge in [-0.05, 0) is 5.53 Å². The van der Waals surface area contributed by atoms with Gasteiger partial charge in [-0.1, -0.05) is 5.11 Å². The summed E-state index contributed by atoms with van der Waals surface area (Å²) in [6.07, 6.45) is -0.334. The van der Waals surface area contributed by atoms with Crippen LogP contribution < -0.4 is 0 Å². The van der Waals surface area contributed by atoms with Crippen LogP contribution in [0.4, 0.5) is 0 Å². The van der Waals surface area contributed by atoms with Crippen LogP contribution in [-0.4, -0.2) is 38.3 Å². The molecule has 0 aromatic rings. The van der Waals surface area contributed by atoms with Crippen molar-refractivity contribution in [2.24, 2.45) is 5.11 Å². The van der Waals surface area contributed by atoms with E-state index in [1.807, 2.05) is 0 Å². The smallest absolute Gasteiger partial charge is 0.185 e. The summed E-state index contributed by atoms with van der Waals surface area (Å²) in [5, 5.41) is 3.55. The first-order valence-corrected chi connectivity index (χ1v) is 3.71. The number of epoxide rings is 1. The normalized spacial score (nSPS) is 44.4. The van der Waals surface area contributed by atoms with Crippen LogP contribution in [0.2, 0.25) is 0 Å². The second-order valence-corrected chi connectivity index (χ2v) is 2.78. The van der Waals surface area contributed by atoms with Crippen LogP contribution in [0.5, 0.6) is 0 Å². The zero-order valence-corrected chi connectivity index (χ0v) is 6.58. The first-order valence-electron chi connectivity index (χ1n) is 3.71. The fraction of sp³-hybridized carbons (Fsp3) is 1.00. The summed E-state index contributed by atoms with van der Waals surface area (Å²) in [5.74, 6) is 0. The summed E-state index contributed by atoms with van der Waals surface area (Å²) in [7, 11) is 1.57. The summed E-state index contributed by atoms with van der Waals surface area (Å²) in [4.78, 5) is 2.71. The van der Waals surface area contributed by atoms with Gasteiger partial charge in [0.05, 0.1) is 12.6 Å². The third-order valence-corrected chi connectivity index (χ3v) is 2.07. The number of hydrogen-bond acceptors (Lipinski definition) is 4. The fourth-order valence-corrected chi connectivity index (χ4v) is 1.42. The van der Waals surface area contributed by atoms with Crippen LogP contribution in [0.3, 0.4) is 0 Å². The predicted octanol–water partition coefficient (Wildman–Crippen LogP) is 0.435. The van der Waals surface area contributed by atoms with E-state index in [0.29, 0.717) is 6.61 Å². The molecule has 0 aromatic heterocycles. The Kier molecular flexibility index (Phi) is 1.90. The molecule has 0 bridgehead atoms. The molecular weight excluding hydrogens is 162 g/mol. The van der Waals surface area contributed by atoms with E-state index < -0.39 is 0 Å². The lowest BCUT2D eigenvalue weighted by Gasteiger charge is -2.20. The number of methoxy groups -OCH3 is 1. The SMILES string of the molecule is CO[C@@H]1OC[C@@H](N=[N+]=[N-])[C@@H]2O[C@H]12. The van der Waals surface area contributed by atoms with Crippen LogP contribution in [-0.2, 0) is 14.2 Å². The number of azide groups is 1. The Hall–Kier alpha value is -0.810. The van der Waals surface area contributed by atoms with Crippen LogP contribution in [0.15, 0.2) is 5.11 Å². The maximum Gasteiger partial charge on any atom is 0.185 e. The molecule has 2 saturated heterocycles.